The normalized spacial score (nSPS) is 11.7. The zero-order valence-electron chi connectivity index (χ0n) is 12.5. The minimum Gasteiger partial charge on any atom is -0.487 e. The van der Waals surface area contributed by atoms with Gasteiger partial charge in [-0.25, -0.2) is 4.79 Å². The first-order chi connectivity index (χ1) is 10.7. The molecule has 2 aromatic rings. The zero-order chi connectivity index (χ0) is 15.8. The highest BCUT2D eigenvalue weighted by molar-refractivity contribution is 5.64. The topological polar surface area (TPSA) is 71.5 Å². The van der Waals surface area contributed by atoms with Gasteiger partial charge in [0.15, 0.2) is 0 Å². The minimum absolute atomic E-state index is 0.0715. The van der Waals surface area contributed by atoms with Gasteiger partial charge in [0, 0.05) is 12.2 Å². The second-order valence-corrected chi connectivity index (χ2v) is 5.01. The van der Waals surface area contributed by atoms with E-state index in [1.54, 1.807) is 6.20 Å². The van der Waals surface area contributed by atoms with E-state index in [0.29, 0.717) is 13.0 Å². The Morgan fingerprint density at radius 3 is 2.64 bits per heavy atom. The third-order valence-corrected chi connectivity index (χ3v) is 3.34. The predicted molar refractivity (Wildman–Crippen MR) is 84.0 cm³/mol. The first-order valence-electron chi connectivity index (χ1n) is 7.28. The molecule has 0 aliphatic carbocycles. The average Bonchev–Trinajstić information content (AvgIpc) is 2.54. The summed E-state index contributed by atoms with van der Waals surface area (Å²) in [4.78, 5) is 14.9. The van der Waals surface area contributed by atoms with Crippen molar-refractivity contribution in [3.63, 3.8) is 0 Å². The van der Waals surface area contributed by atoms with Crippen LogP contribution in [0.4, 0.5) is 4.79 Å². The Labute approximate surface area is 130 Å². The van der Waals surface area contributed by atoms with Gasteiger partial charge in [-0.3, -0.25) is 4.98 Å². The SMILES string of the molecule is CCC(Cc1ccc(OCc2ccccn2)cc1)NC(=O)O. The van der Waals surface area contributed by atoms with Crippen LogP contribution in [0.15, 0.2) is 48.7 Å². The van der Waals surface area contributed by atoms with Gasteiger partial charge in [-0.2, -0.15) is 0 Å². The number of rotatable bonds is 7. The predicted octanol–water partition coefficient (Wildman–Crippen LogP) is 3.25. The van der Waals surface area contributed by atoms with Crippen molar-refractivity contribution in [1.29, 1.82) is 0 Å². The van der Waals surface area contributed by atoms with Crippen molar-refractivity contribution in [3.05, 3.63) is 59.9 Å². The van der Waals surface area contributed by atoms with E-state index in [0.717, 1.165) is 23.4 Å². The van der Waals surface area contributed by atoms with Gasteiger partial charge in [-0.05, 0) is 42.7 Å². The number of hydrogen-bond donors (Lipinski definition) is 2. The van der Waals surface area contributed by atoms with Crippen LogP contribution in [-0.2, 0) is 13.0 Å². The smallest absolute Gasteiger partial charge is 0.404 e. The zero-order valence-corrected chi connectivity index (χ0v) is 12.5. The van der Waals surface area contributed by atoms with Gasteiger partial charge in [0.05, 0.1) is 5.69 Å². The molecule has 0 fully saturated rings. The molecule has 0 aliphatic heterocycles. The number of pyridine rings is 1. The van der Waals surface area contributed by atoms with Crippen molar-refractivity contribution in [1.82, 2.24) is 10.3 Å². The van der Waals surface area contributed by atoms with Gasteiger partial charge < -0.3 is 15.2 Å². The molecule has 1 amide bonds. The van der Waals surface area contributed by atoms with Crippen molar-refractivity contribution in [3.8, 4) is 5.75 Å². The van der Waals surface area contributed by atoms with Gasteiger partial charge in [0.2, 0.25) is 0 Å². The molecule has 1 atom stereocenters. The van der Waals surface area contributed by atoms with Crippen molar-refractivity contribution in [2.45, 2.75) is 32.4 Å². The Bertz CT molecular complexity index is 585. The molecular formula is C17H20N2O3. The largest absolute Gasteiger partial charge is 0.487 e. The number of aromatic nitrogens is 1. The molecule has 0 bridgehead atoms. The van der Waals surface area contributed by atoms with Gasteiger partial charge in [0.1, 0.15) is 12.4 Å². The monoisotopic (exact) mass is 300 g/mol. The molecule has 2 rings (SSSR count). The van der Waals surface area contributed by atoms with Crippen LogP contribution in [0.5, 0.6) is 5.75 Å². The third kappa shape index (κ3) is 5.09. The van der Waals surface area contributed by atoms with E-state index < -0.39 is 6.09 Å². The van der Waals surface area contributed by atoms with Crippen LogP contribution in [0.3, 0.4) is 0 Å². The van der Waals surface area contributed by atoms with Crippen LogP contribution >= 0.6 is 0 Å². The molecule has 22 heavy (non-hydrogen) atoms. The number of carbonyl (C=O) groups is 1. The molecule has 0 spiro atoms. The Morgan fingerprint density at radius 1 is 1.27 bits per heavy atom. The Hall–Kier alpha value is -2.56. The lowest BCUT2D eigenvalue weighted by atomic mass is 10.0. The second-order valence-electron chi connectivity index (χ2n) is 5.01. The molecule has 0 saturated carbocycles. The van der Waals surface area contributed by atoms with Gasteiger partial charge in [-0.15, -0.1) is 0 Å². The summed E-state index contributed by atoms with van der Waals surface area (Å²) in [5.41, 5.74) is 1.95. The number of hydrogen-bond acceptors (Lipinski definition) is 3. The first-order valence-corrected chi connectivity index (χ1v) is 7.28. The highest BCUT2D eigenvalue weighted by Crippen LogP contribution is 2.15. The fraction of sp³-hybridized carbons (Fsp3) is 0.294. The summed E-state index contributed by atoms with van der Waals surface area (Å²) >= 11 is 0. The number of carboxylic acid groups (broad SMARTS) is 1. The number of nitrogens with zero attached hydrogens (tertiary/aromatic N) is 1. The highest BCUT2D eigenvalue weighted by atomic mass is 16.5. The highest BCUT2D eigenvalue weighted by Gasteiger charge is 2.10. The van der Waals surface area contributed by atoms with Crippen molar-refractivity contribution in [2.24, 2.45) is 0 Å². The molecule has 0 aliphatic rings. The lowest BCUT2D eigenvalue weighted by molar-refractivity contribution is 0.189. The molecule has 1 aromatic carbocycles. The summed E-state index contributed by atoms with van der Waals surface area (Å²) in [7, 11) is 0. The van der Waals surface area contributed by atoms with Crippen LogP contribution in [0.25, 0.3) is 0 Å². The van der Waals surface area contributed by atoms with E-state index >= 15 is 0 Å². The molecule has 1 heterocycles. The van der Waals surface area contributed by atoms with Gasteiger partial charge in [-0.1, -0.05) is 25.1 Å². The number of benzene rings is 1. The van der Waals surface area contributed by atoms with E-state index in [9.17, 15) is 4.79 Å². The van der Waals surface area contributed by atoms with Crippen LogP contribution < -0.4 is 10.1 Å². The second kappa shape index (κ2) is 8.02. The molecule has 1 aromatic heterocycles. The van der Waals surface area contributed by atoms with Gasteiger partial charge >= 0.3 is 6.09 Å². The van der Waals surface area contributed by atoms with Crippen molar-refractivity contribution >= 4 is 6.09 Å². The molecule has 2 N–H and O–H groups in total. The molecule has 5 heteroatoms. The minimum atomic E-state index is -0.984. The lowest BCUT2D eigenvalue weighted by Gasteiger charge is -2.15. The Balaban J connectivity index is 1.88. The maximum Gasteiger partial charge on any atom is 0.404 e. The van der Waals surface area contributed by atoms with E-state index in [1.165, 1.54) is 0 Å². The van der Waals surface area contributed by atoms with Crippen LogP contribution in [0.2, 0.25) is 0 Å². The Kier molecular flexibility index (Phi) is 5.77. The first kappa shape index (κ1) is 15.8. The van der Waals surface area contributed by atoms with E-state index in [2.05, 4.69) is 10.3 Å². The summed E-state index contributed by atoms with van der Waals surface area (Å²) in [6, 6.07) is 13.3. The van der Waals surface area contributed by atoms with Crippen LogP contribution in [0, 0.1) is 0 Å². The fourth-order valence-electron chi connectivity index (χ4n) is 2.12. The van der Waals surface area contributed by atoms with E-state index in [1.807, 2.05) is 49.4 Å². The maximum atomic E-state index is 10.7. The molecule has 0 radical (unpaired) electrons. The van der Waals surface area contributed by atoms with E-state index in [4.69, 9.17) is 9.84 Å². The van der Waals surface area contributed by atoms with Crippen LogP contribution in [-0.4, -0.2) is 22.2 Å². The van der Waals surface area contributed by atoms with E-state index in [-0.39, 0.29) is 6.04 Å². The standard InChI is InChI=1S/C17H20N2O3/c1-2-14(19-17(20)21)11-13-6-8-16(9-7-13)22-12-15-5-3-4-10-18-15/h3-10,14,19H,2,11-12H2,1H3,(H,20,21). The summed E-state index contributed by atoms with van der Waals surface area (Å²) in [6.07, 6.45) is 2.18. The summed E-state index contributed by atoms with van der Waals surface area (Å²) < 4.78 is 5.67. The molecule has 1 unspecified atom stereocenters. The quantitative estimate of drug-likeness (QED) is 0.823. The average molecular weight is 300 g/mol. The number of ether oxygens (including phenoxy) is 1. The summed E-state index contributed by atoms with van der Waals surface area (Å²) in [6.45, 7) is 2.39. The molecular weight excluding hydrogens is 280 g/mol. The molecule has 5 nitrogen and oxygen atoms in total. The Morgan fingerprint density at radius 2 is 2.05 bits per heavy atom. The van der Waals surface area contributed by atoms with Crippen molar-refractivity contribution < 1.29 is 14.6 Å². The summed E-state index contributed by atoms with van der Waals surface area (Å²) in [5.74, 6) is 0.772. The van der Waals surface area contributed by atoms with Crippen molar-refractivity contribution in [2.75, 3.05) is 0 Å². The number of nitrogens with one attached hydrogen (secondary N) is 1. The van der Waals surface area contributed by atoms with Crippen LogP contribution in [0.1, 0.15) is 24.6 Å². The molecule has 116 valence electrons. The maximum absolute atomic E-state index is 10.7. The fourth-order valence-corrected chi connectivity index (χ4v) is 2.12. The number of amides is 1. The molecule has 0 saturated heterocycles. The van der Waals surface area contributed by atoms with Gasteiger partial charge in [0.25, 0.3) is 0 Å². The lowest BCUT2D eigenvalue weighted by Crippen LogP contribution is -2.34. The summed E-state index contributed by atoms with van der Waals surface area (Å²) in [5, 5.41) is 11.3. The third-order valence-electron chi connectivity index (χ3n) is 3.34.